The SMILES string of the molecule is COc1ccc(S(=O)(=O)N2CCCC(C(=O)NCC(=O)N3CCCCCC3)C2)cc1. The molecule has 2 aliphatic heterocycles. The molecule has 0 radical (unpaired) electrons. The van der Waals surface area contributed by atoms with Crippen molar-refractivity contribution < 1.29 is 22.7 Å². The summed E-state index contributed by atoms with van der Waals surface area (Å²) in [6.45, 7) is 1.96. The van der Waals surface area contributed by atoms with Gasteiger partial charge in [0.05, 0.1) is 24.5 Å². The maximum absolute atomic E-state index is 13.0. The zero-order chi connectivity index (χ0) is 21.6. The Hall–Kier alpha value is -2.13. The van der Waals surface area contributed by atoms with Crippen LogP contribution in [0.3, 0.4) is 0 Å². The molecule has 0 saturated carbocycles. The van der Waals surface area contributed by atoms with E-state index in [1.165, 1.54) is 23.5 Å². The molecule has 0 bridgehead atoms. The van der Waals surface area contributed by atoms with Crippen LogP contribution in [0.25, 0.3) is 0 Å². The van der Waals surface area contributed by atoms with Crippen molar-refractivity contribution in [3.8, 4) is 5.75 Å². The summed E-state index contributed by atoms with van der Waals surface area (Å²) in [6, 6.07) is 6.24. The van der Waals surface area contributed by atoms with Crippen LogP contribution in [0.15, 0.2) is 29.2 Å². The fourth-order valence-corrected chi connectivity index (χ4v) is 5.53. The lowest BCUT2D eigenvalue weighted by atomic mass is 9.99. The molecule has 2 fully saturated rings. The third-order valence-corrected chi connectivity index (χ3v) is 7.70. The number of methoxy groups -OCH3 is 1. The molecule has 0 spiro atoms. The van der Waals surface area contributed by atoms with E-state index in [1.54, 1.807) is 12.1 Å². The van der Waals surface area contributed by atoms with Crippen LogP contribution in [-0.4, -0.2) is 69.3 Å². The highest BCUT2D eigenvalue weighted by Crippen LogP contribution is 2.25. The minimum absolute atomic E-state index is 0.0272. The van der Waals surface area contributed by atoms with Gasteiger partial charge in [-0.25, -0.2) is 8.42 Å². The molecule has 1 unspecified atom stereocenters. The van der Waals surface area contributed by atoms with Crippen LogP contribution >= 0.6 is 0 Å². The average Bonchev–Trinajstić information content (AvgIpc) is 3.07. The number of rotatable bonds is 6. The first-order valence-electron chi connectivity index (χ1n) is 10.6. The van der Waals surface area contributed by atoms with E-state index in [0.29, 0.717) is 25.1 Å². The zero-order valence-corrected chi connectivity index (χ0v) is 18.3. The van der Waals surface area contributed by atoms with E-state index in [4.69, 9.17) is 4.74 Å². The predicted molar refractivity (Wildman–Crippen MR) is 113 cm³/mol. The Kier molecular flexibility index (Phi) is 7.71. The van der Waals surface area contributed by atoms with Gasteiger partial charge in [0.2, 0.25) is 21.8 Å². The number of nitrogens with zero attached hydrogens (tertiary/aromatic N) is 2. The number of amides is 2. The molecule has 0 aliphatic carbocycles. The minimum Gasteiger partial charge on any atom is -0.497 e. The highest BCUT2D eigenvalue weighted by Gasteiger charge is 2.33. The third kappa shape index (κ3) is 5.51. The summed E-state index contributed by atoms with van der Waals surface area (Å²) in [5, 5.41) is 2.73. The highest BCUT2D eigenvalue weighted by molar-refractivity contribution is 7.89. The Morgan fingerprint density at radius 1 is 1.03 bits per heavy atom. The monoisotopic (exact) mass is 437 g/mol. The number of piperidine rings is 1. The number of likely N-dealkylation sites (tertiary alicyclic amines) is 1. The first-order valence-corrected chi connectivity index (χ1v) is 12.1. The van der Waals surface area contributed by atoms with Gasteiger partial charge in [0.15, 0.2) is 0 Å². The molecule has 9 heteroatoms. The lowest BCUT2D eigenvalue weighted by Gasteiger charge is -2.31. The largest absolute Gasteiger partial charge is 0.497 e. The second kappa shape index (κ2) is 10.3. The van der Waals surface area contributed by atoms with Crippen molar-refractivity contribution in [3.05, 3.63) is 24.3 Å². The Morgan fingerprint density at radius 3 is 2.33 bits per heavy atom. The topological polar surface area (TPSA) is 96.0 Å². The number of benzene rings is 1. The number of nitrogens with one attached hydrogen (secondary N) is 1. The molecule has 3 rings (SSSR count). The quantitative estimate of drug-likeness (QED) is 0.730. The maximum Gasteiger partial charge on any atom is 0.243 e. The van der Waals surface area contributed by atoms with Crippen molar-refractivity contribution in [1.82, 2.24) is 14.5 Å². The normalized spacial score (nSPS) is 21.0. The zero-order valence-electron chi connectivity index (χ0n) is 17.5. The summed E-state index contributed by atoms with van der Waals surface area (Å²) in [7, 11) is -2.16. The van der Waals surface area contributed by atoms with Gasteiger partial charge in [-0.2, -0.15) is 4.31 Å². The molecule has 1 aromatic rings. The van der Waals surface area contributed by atoms with Crippen LogP contribution in [0, 0.1) is 5.92 Å². The van der Waals surface area contributed by atoms with Crippen LogP contribution in [0.4, 0.5) is 0 Å². The van der Waals surface area contributed by atoms with Crippen LogP contribution < -0.4 is 10.1 Å². The van der Waals surface area contributed by atoms with Crippen molar-refractivity contribution in [1.29, 1.82) is 0 Å². The molecule has 2 amide bonds. The van der Waals surface area contributed by atoms with Gasteiger partial charge in [-0.05, 0) is 49.9 Å². The summed E-state index contributed by atoms with van der Waals surface area (Å²) >= 11 is 0. The van der Waals surface area contributed by atoms with Gasteiger partial charge in [-0.15, -0.1) is 0 Å². The number of sulfonamides is 1. The Morgan fingerprint density at radius 2 is 1.70 bits per heavy atom. The molecule has 30 heavy (non-hydrogen) atoms. The molecule has 8 nitrogen and oxygen atoms in total. The predicted octanol–water partition coefficient (Wildman–Crippen LogP) is 1.61. The number of ether oxygens (including phenoxy) is 1. The summed E-state index contributed by atoms with van der Waals surface area (Å²) in [5.74, 6) is -0.195. The molecule has 2 aliphatic rings. The number of carbonyl (C=O) groups excluding carboxylic acids is 2. The Balaban J connectivity index is 1.56. The van der Waals surface area contributed by atoms with E-state index in [1.807, 2.05) is 4.90 Å². The van der Waals surface area contributed by atoms with Gasteiger partial charge in [0, 0.05) is 26.2 Å². The summed E-state index contributed by atoms with van der Waals surface area (Å²) in [4.78, 5) is 27.0. The fraction of sp³-hybridized carbons (Fsp3) is 0.619. The van der Waals surface area contributed by atoms with E-state index in [-0.39, 0.29) is 29.8 Å². The molecule has 0 aromatic heterocycles. The molecule has 1 atom stereocenters. The van der Waals surface area contributed by atoms with Crippen LogP contribution in [0.2, 0.25) is 0 Å². The molecule has 2 heterocycles. The first kappa shape index (κ1) is 22.6. The van der Waals surface area contributed by atoms with Gasteiger partial charge >= 0.3 is 0 Å². The lowest BCUT2D eigenvalue weighted by Crippen LogP contribution is -2.47. The minimum atomic E-state index is -3.68. The first-order chi connectivity index (χ1) is 14.4. The Bertz CT molecular complexity index is 833. The van der Waals surface area contributed by atoms with Gasteiger partial charge in [0.1, 0.15) is 5.75 Å². The van der Waals surface area contributed by atoms with Gasteiger partial charge in [0.25, 0.3) is 0 Å². The molecule has 1 aromatic carbocycles. The smallest absolute Gasteiger partial charge is 0.243 e. The summed E-state index contributed by atoms with van der Waals surface area (Å²) in [5.41, 5.74) is 0. The summed E-state index contributed by atoms with van der Waals surface area (Å²) in [6.07, 6.45) is 5.49. The van der Waals surface area contributed by atoms with Crippen LogP contribution in [-0.2, 0) is 19.6 Å². The second-order valence-electron chi connectivity index (χ2n) is 7.89. The van der Waals surface area contributed by atoms with Crippen molar-refractivity contribution >= 4 is 21.8 Å². The van der Waals surface area contributed by atoms with E-state index in [0.717, 1.165) is 38.8 Å². The van der Waals surface area contributed by atoms with E-state index >= 15 is 0 Å². The molecule has 166 valence electrons. The number of hydrogen-bond acceptors (Lipinski definition) is 5. The van der Waals surface area contributed by atoms with Crippen molar-refractivity contribution in [2.45, 2.75) is 43.4 Å². The maximum atomic E-state index is 13.0. The van der Waals surface area contributed by atoms with E-state index < -0.39 is 15.9 Å². The van der Waals surface area contributed by atoms with Crippen molar-refractivity contribution in [3.63, 3.8) is 0 Å². The summed E-state index contributed by atoms with van der Waals surface area (Å²) < 4.78 is 32.3. The Labute approximate surface area is 178 Å². The van der Waals surface area contributed by atoms with E-state index in [2.05, 4.69) is 5.32 Å². The van der Waals surface area contributed by atoms with Gasteiger partial charge in [-0.3, -0.25) is 9.59 Å². The molecule has 2 saturated heterocycles. The molecule has 1 N–H and O–H groups in total. The van der Waals surface area contributed by atoms with Crippen molar-refractivity contribution in [2.24, 2.45) is 5.92 Å². The average molecular weight is 438 g/mol. The fourth-order valence-electron chi connectivity index (χ4n) is 4.01. The second-order valence-corrected chi connectivity index (χ2v) is 9.83. The third-order valence-electron chi connectivity index (χ3n) is 5.82. The van der Waals surface area contributed by atoms with Crippen LogP contribution in [0.1, 0.15) is 38.5 Å². The molecular formula is C21H31N3O5S. The molecular weight excluding hydrogens is 406 g/mol. The standard InChI is InChI=1S/C21H31N3O5S/c1-29-18-8-10-19(11-9-18)30(27,28)24-14-6-7-17(16-24)21(26)22-15-20(25)23-12-4-2-3-5-13-23/h8-11,17H,2-7,12-16H2,1H3,(H,22,26). The van der Waals surface area contributed by atoms with E-state index in [9.17, 15) is 18.0 Å². The van der Waals surface area contributed by atoms with Gasteiger partial charge in [-0.1, -0.05) is 12.8 Å². The van der Waals surface area contributed by atoms with Crippen LogP contribution in [0.5, 0.6) is 5.75 Å². The number of carbonyl (C=O) groups is 2. The number of hydrogen-bond donors (Lipinski definition) is 1. The lowest BCUT2D eigenvalue weighted by molar-refractivity contribution is -0.134. The van der Waals surface area contributed by atoms with Crippen molar-refractivity contribution in [2.75, 3.05) is 39.8 Å². The highest BCUT2D eigenvalue weighted by atomic mass is 32.2. The van der Waals surface area contributed by atoms with Gasteiger partial charge < -0.3 is 15.0 Å².